The van der Waals surface area contributed by atoms with Crippen molar-refractivity contribution in [2.45, 2.75) is 0 Å². The quantitative estimate of drug-likeness (QED) is 0.624. The lowest BCUT2D eigenvalue weighted by Gasteiger charge is -2.05. The van der Waals surface area contributed by atoms with Crippen LogP contribution in [0, 0.1) is 3.57 Å². The first-order valence-corrected chi connectivity index (χ1v) is 6.23. The summed E-state index contributed by atoms with van der Waals surface area (Å²) in [7, 11) is 0. The Bertz CT molecular complexity index is 548. The molecule has 2 rings (SSSR count). The first-order chi connectivity index (χ1) is 7.63. The van der Waals surface area contributed by atoms with Crippen molar-refractivity contribution in [2.24, 2.45) is 0 Å². The minimum Gasteiger partial charge on any atom is -0.506 e. The van der Waals surface area contributed by atoms with Crippen LogP contribution < -0.4 is 0 Å². The van der Waals surface area contributed by atoms with Gasteiger partial charge in [0.05, 0.1) is 9.13 Å². The van der Waals surface area contributed by atoms with Crippen molar-refractivity contribution in [2.75, 3.05) is 0 Å². The molecule has 0 fully saturated rings. The van der Waals surface area contributed by atoms with Crippen LogP contribution in [0.15, 0.2) is 33.2 Å². The van der Waals surface area contributed by atoms with E-state index < -0.39 is 0 Å². The Morgan fingerprint density at radius 1 is 1.31 bits per heavy atom. The van der Waals surface area contributed by atoms with Gasteiger partial charge in [-0.3, -0.25) is 4.79 Å². The van der Waals surface area contributed by atoms with Gasteiger partial charge in [-0.15, -0.1) is 0 Å². The van der Waals surface area contributed by atoms with Gasteiger partial charge in [0.1, 0.15) is 11.5 Å². The average molecular weight is 393 g/mol. The molecule has 1 heterocycles. The molecule has 0 bridgehead atoms. The molecular weight excluding hydrogens is 387 g/mol. The van der Waals surface area contributed by atoms with Gasteiger partial charge in [0, 0.05) is 4.47 Å². The second-order valence-electron chi connectivity index (χ2n) is 3.07. The number of hydrogen-bond acceptors (Lipinski definition) is 3. The lowest BCUT2D eigenvalue weighted by atomic mass is 10.1. The smallest absolute Gasteiger partial charge is 0.185 e. The standard InChI is InChI=1S/C11H6BrIO3/c12-7-2-3-8(13)11(15)10(7)9-4-1-6(5-14)16-9/h1-5,15H. The van der Waals surface area contributed by atoms with E-state index >= 15 is 0 Å². The summed E-state index contributed by atoms with van der Waals surface area (Å²) in [4.78, 5) is 10.5. The van der Waals surface area contributed by atoms with Gasteiger partial charge >= 0.3 is 0 Å². The number of carbonyl (C=O) groups is 1. The van der Waals surface area contributed by atoms with Gasteiger partial charge in [0.2, 0.25) is 0 Å². The number of carbonyl (C=O) groups excluding carboxylic acids is 1. The number of halogens is 2. The van der Waals surface area contributed by atoms with Crippen LogP contribution in [0.1, 0.15) is 10.6 Å². The van der Waals surface area contributed by atoms with E-state index in [1.807, 2.05) is 28.7 Å². The molecule has 2 aromatic rings. The minimum absolute atomic E-state index is 0.141. The van der Waals surface area contributed by atoms with Crippen LogP contribution >= 0.6 is 38.5 Å². The average Bonchev–Trinajstić information content (AvgIpc) is 2.73. The molecule has 0 aliphatic carbocycles. The predicted molar refractivity (Wildman–Crippen MR) is 71.6 cm³/mol. The Balaban J connectivity index is 2.63. The van der Waals surface area contributed by atoms with Crippen LogP contribution in [-0.2, 0) is 0 Å². The molecule has 0 aliphatic rings. The largest absolute Gasteiger partial charge is 0.506 e. The lowest BCUT2D eigenvalue weighted by Crippen LogP contribution is -1.82. The van der Waals surface area contributed by atoms with Crippen molar-refractivity contribution >= 4 is 44.8 Å². The minimum atomic E-state index is 0.141. The number of phenols is 1. The van der Waals surface area contributed by atoms with E-state index in [0.717, 1.165) is 8.04 Å². The van der Waals surface area contributed by atoms with Crippen LogP contribution in [0.2, 0.25) is 0 Å². The summed E-state index contributed by atoms with van der Waals surface area (Å²) in [6.45, 7) is 0. The van der Waals surface area contributed by atoms with E-state index in [0.29, 0.717) is 17.6 Å². The van der Waals surface area contributed by atoms with Gasteiger partial charge in [0.15, 0.2) is 12.0 Å². The van der Waals surface area contributed by atoms with Gasteiger partial charge in [-0.1, -0.05) is 0 Å². The Kier molecular flexibility index (Phi) is 3.34. The molecule has 5 heteroatoms. The van der Waals surface area contributed by atoms with E-state index in [1.165, 1.54) is 0 Å². The van der Waals surface area contributed by atoms with Crippen molar-refractivity contribution in [3.63, 3.8) is 0 Å². The molecule has 0 aliphatic heterocycles. The van der Waals surface area contributed by atoms with Crippen molar-refractivity contribution in [3.8, 4) is 17.1 Å². The lowest BCUT2D eigenvalue weighted by molar-refractivity contribution is 0.110. The van der Waals surface area contributed by atoms with E-state index in [9.17, 15) is 9.90 Å². The van der Waals surface area contributed by atoms with Gasteiger partial charge in [-0.2, -0.15) is 0 Å². The number of hydrogen-bond donors (Lipinski definition) is 1. The fourth-order valence-corrected chi connectivity index (χ4v) is 2.29. The molecule has 3 nitrogen and oxygen atoms in total. The van der Waals surface area contributed by atoms with Gasteiger partial charge in [0.25, 0.3) is 0 Å². The maximum Gasteiger partial charge on any atom is 0.185 e. The fourth-order valence-electron chi connectivity index (χ4n) is 1.33. The number of phenolic OH excluding ortho intramolecular Hbond substituents is 1. The van der Waals surface area contributed by atoms with Gasteiger partial charge in [-0.25, -0.2) is 0 Å². The Hall–Kier alpha value is -0.820. The molecule has 0 saturated carbocycles. The first kappa shape index (κ1) is 11.7. The summed E-state index contributed by atoms with van der Waals surface area (Å²) in [6, 6.07) is 6.82. The van der Waals surface area contributed by atoms with Crippen LogP contribution in [-0.4, -0.2) is 11.4 Å². The van der Waals surface area contributed by atoms with Crippen molar-refractivity contribution in [1.29, 1.82) is 0 Å². The molecule has 1 aromatic heterocycles. The Labute approximate surface area is 114 Å². The van der Waals surface area contributed by atoms with Crippen LogP contribution in [0.5, 0.6) is 5.75 Å². The van der Waals surface area contributed by atoms with Crippen molar-refractivity contribution in [1.82, 2.24) is 0 Å². The van der Waals surface area contributed by atoms with Gasteiger partial charge < -0.3 is 9.52 Å². The summed E-state index contributed by atoms with van der Waals surface area (Å²) in [5.74, 6) is 0.840. The highest BCUT2D eigenvalue weighted by Gasteiger charge is 2.15. The van der Waals surface area contributed by atoms with E-state index in [4.69, 9.17) is 4.42 Å². The van der Waals surface area contributed by atoms with Crippen LogP contribution in [0.25, 0.3) is 11.3 Å². The maximum absolute atomic E-state index is 10.5. The summed E-state index contributed by atoms with van der Waals surface area (Å²) < 4.78 is 6.72. The molecule has 0 unspecified atom stereocenters. The van der Waals surface area contributed by atoms with Gasteiger partial charge in [-0.05, 0) is 62.8 Å². The van der Waals surface area contributed by atoms with Crippen molar-refractivity contribution in [3.05, 3.63) is 38.1 Å². The van der Waals surface area contributed by atoms with E-state index in [2.05, 4.69) is 15.9 Å². The highest BCUT2D eigenvalue weighted by Crippen LogP contribution is 2.39. The summed E-state index contributed by atoms with van der Waals surface area (Å²) in [5, 5.41) is 9.93. The summed E-state index contributed by atoms with van der Waals surface area (Å²) in [6.07, 6.45) is 0.627. The zero-order chi connectivity index (χ0) is 11.7. The molecule has 0 radical (unpaired) electrons. The van der Waals surface area contributed by atoms with Crippen molar-refractivity contribution < 1.29 is 14.3 Å². The number of furan rings is 1. The molecule has 1 aromatic carbocycles. The molecular formula is C11H6BrIO3. The van der Waals surface area contributed by atoms with Crippen LogP contribution in [0.3, 0.4) is 0 Å². The highest BCUT2D eigenvalue weighted by atomic mass is 127. The molecule has 0 saturated heterocycles. The third-order valence-electron chi connectivity index (χ3n) is 2.07. The SMILES string of the molecule is O=Cc1ccc(-c2c(Br)ccc(I)c2O)o1. The molecule has 16 heavy (non-hydrogen) atoms. The monoisotopic (exact) mass is 392 g/mol. The molecule has 1 N–H and O–H groups in total. The topological polar surface area (TPSA) is 50.4 Å². The highest BCUT2D eigenvalue weighted by molar-refractivity contribution is 14.1. The Morgan fingerprint density at radius 2 is 2.06 bits per heavy atom. The number of rotatable bonds is 2. The second kappa shape index (κ2) is 4.58. The molecule has 0 spiro atoms. The van der Waals surface area contributed by atoms with Crippen LogP contribution in [0.4, 0.5) is 0 Å². The number of aromatic hydroxyl groups is 1. The molecule has 82 valence electrons. The Morgan fingerprint density at radius 3 is 2.69 bits per heavy atom. The zero-order valence-corrected chi connectivity index (χ0v) is 11.6. The third kappa shape index (κ3) is 2.01. The number of aldehydes is 1. The van der Waals surface area contributed by atoms with E-state index in [1.54, 1.807) is 18.2 Å². The maximum atomic E-state index is 10.5. The fraction of sp³-hybridized carbons (Fsp3) is 0. The molecule has 0 atom stereocenters. The predicted octanol–water partition coefficient (Wildman–Crippen LogP) is 3.83. The van der Waals surface area contributed by atoms with E-state index in [-0.39, 0.29) is 11.5 Å². The summed E-state index contributed by atoms with van der Waals surface area (Å²) >= 11 is 5.36. The normalized spacial score (nSPS) is 10.4. The third-order valence-corrected chi connectivity index (χ3v) is 3.60. The second-order valence-corrected chi connectivity index (χ2v) is 5.09. The zero-order valence-electron chi connectivity index (χ0n) is 7.91. The number of benzene rings is 1. The summed E-state index contributed by atoms with van der Waals surface area (Å²) in [5.41, 5.74) is 0.556. The molecule has 0 amide bonds. The first-order valence-electron chi connectivity index (χ1n) is 4.36.